The first kappa shape index (κ1) is 42.3. The van der Waals surface area contributed by atoms with Crippen LogP contribution < -0.4 is 26.2 Å². The largest absolute Gasteiger partial charge is 0.311 e. The van der Waals surface area contributed by atoms with Crippen LogP contribution in [0.15, 0.2) is 176 Å². The number of para-hydroxylation sites is 2. The molecule has 0 spiro atoms. The third kappa shape index (κ3) is 6.38. The molecule has 9 aromatic rings. The van der Waals surface area contributed by atoms with Gasteiger partial charge in [-0.3, -0.25) is 0 Å². The van der Waals surface area contributed by atoms with Crippen molar-refractivity contribution in [3.05, 3.63) is 198 Å². The maximum atomic E-state index is 2.71. The zero-order valence-electron chi connectivity index (χ0n) is 41.5. The van der Waals surface area contributed by atoms with E-state index in [2.05, 4.69) is 241 Å². The van der Waals surface area contributed by atoms with Crippen LogP contribution in [0.5, 0.6) is 0 Å². The van der Waals surface area contributed by atoms with Crippen LogP contribution in [0.3, 0.4) is 0 Å². The standard InChI is InChI=1S/C66H61BN2/c1-63(2)31-32-64(3,4)55-38-46(28-30-54(55)63)69-60-41-57-56(65(5,6)33-34-66(57,7)8)40-59(60)67-58-39-47(68(44-20-11-9-12-21-44)45-22-13-10-14-23-45)27-29-51(58)53-36-43(37-61(69)62(53)67)52-35-42-19-15-16-24-48(42)49-25-17-18-26-50(49)52/h9-30,35-41H,31-34H2,1-8H3. The SMILES string of the molecule is CC1(C)CCC(C)(C)c2cc(N3c4cc5c(cc4B4c6cc(N(c7ccccc7)c7ccccc7)ccc6-c6cc(-c7cc8ccccc8c8ccccc78)cc3c64)C(C)(C)CCC5(C)C)ccc21. The molecule has 2 heterocycles. The molecule has 0 bridgehead atoms. The van der Waals surface area contributed by atoms with Crippen molar-refractivity contribution < 1.29 is 0 Å². The van der Waals surface area contributed by atoms with Gasteiger partial charge in [0.15, 0.2) is 0 Å². The lowest BCUT2D eigenvalue weighted by atomic mass is 9.36. The predicted molar refractivity (Wildman–Crippen MR) is 297 cm³/mol. The summed E-state index contributed by atoms with van der Waals surface area (Å²) in [6.45, 7) is 19.8. The molecule has 0 amide bonds. The van der Waals surface area contributed by atoms with Crippen molar-refractivity contribution in [3.63, 3.8) is 0 Å². The summed E-state index contributed by atoms with van der Waals surface area (Å²) in [6.07, 6.45) is 4.70. The summed E-state index contributed by atoms with van der Waals surface area (Å²) in [6, 6.07) is 67.5. The second-order valence-corrected chi connectivity index (χ2v) is 23.4. The van der Waals surface area contributed by atoms with Crippen molar-refractivity contribution in [2.45, 2.75) is 103 Å². The first-order valence-corrected chi connectivity index (χ1v) is 25.5. The Labute approximate surface area is 409 Å². The molecule has 2 aliphatic carbocycles. The van der Waals surface area contributed by atoms with Crippen molar-refractivity contribution in [3.8, 4) is 22.3 Å². The highest BCUT2D eigenvalue weighted by atomic mass is 15.2. The summed E-state index contributed by atoms with van der Waals surface area (Å²) in [5, 5.41) is 5.14. The monoisotopic (exact) mass is 892 g/mol. The van der Waals surface area contributed by atoms with Crippen molar-refractivity contribution in [2.24, 2.45) is 0 Å². The lowest BCUT2D eigenvalue weighted by Crippen LogP contribution is -2.55. The van der Waals surface area contributed by atoms with Crippen molar-refractivity contribution in [1.82, 2.24) is 0 Å². The van der Waals surface area contributed by atoms with Crippen molar-refractivity contribution >= 4 is 78.8 Å². The van der Waals surface area contributed by atoms with Crippen LogP contribution >= 0.6 is 0 Å². The predicted octanol–water partition coefficient (Wildman–Crippen LogP) is 16.1. The molecular weight excluding hydrogens is 832 g/mol. The number of benzene rings is 9. The summed E-state index contributed by atoms with van der Waals surface area (Å²) >= 11 is 0. The Bertz CT molecular complexity index is 3540. The molecule has 0 unspecified atom stereocenters. The van der Waals surface area contributed by atoms with Crippen LogP contribution in [0, 0.1) is 0 Å². The maximum absolute atomic E-state index is 2.71. The highest BCUT2D eigenvalue weighted by molar-refractivity contribution is 7.01. The Balaban J connectivity index is 1.14. The molecular formula is C66H61BN2. The third-order valence-corrected chi connectivity index (χ3v) is 17.3. The molecule has 3 heteroatoms. The van der Waals surface area contributed by atoms with E-state index in [9.17, 15) is 0 Å². The topological polar surface area (TPSA) is 6.48 Å². The molecule has 0 N–H and O–H groups in total. The minimum atomic E-state index is 0.0390. The number of rotatable bonds is 5. The van der Waals surface area contributed by atoms with E-state index >= 15 is 0 Å². The Morgan fingerprint density at radius 2 is 0.957 bits per heavy atom. The number of anilines is 6. The zero-order valence-corrected chi connectivity index (χ0v) is 41.5. The second-order valence-electron chi connectivity index (χ2n) is 23.4. The van der Waals surface area contributed by atoms with Gasteiger partial charge < -0.3 is 9.80 Å². The van der Waals surface area contributed by atoms with Gasteiger partial charge in [0.25, 0.3) is 0 Å². The lowest BCUT2D eigenvalue weighted by molar-refractivity contribution is 0.332. The van der Waals surface area contributed by atoms with E-state index in [1.807, 2.05) is 0 Å². The first-order chi connectivity index (χ1) is 33.2. The van der Waals surface area contributed by atoms with Crippen LogP contribution in [-0.2, 0) is 21.7 Å². The van der Waals surface area contributed by atoms with Crippen LogP contribution in [0.4, 0.5) is 34.1 Å². The van der Waals surface area contributed by atoms with Crippen LogP contribution in [-0.4, -0.2) is 6.71 Å². The molecule has 13 rings (SSSR count). The fourth-order valence-corrected chi connectivity index (χ4v) is 13.2. The fourth-order valence-electron chi connectivity index (χ4n) is 13.2. The summed E-state index contributed by atoms with van der Waals surface area (Å²) in [5.41, 5.74) is 23.0. The van der Waals surface area contributed by atoms with E-state index in [0.29, 0.717) is 0 Å². The van der Waals surface area contributed by atoms with E-state index in [-0.39, 0.29) is 28.4 Å². The maximum Gasteiger partial charge on any atom is 0.248 e. The average Bonchev–Trinajstić information content (AvgIpc) is 3.69. The Morgan fingerprint density at radius 1 is 0.391 bits per heavy atom. The number of hydrogen-bond donors (Lipinski definition) is 0. The lowest BCUT2D eigenvalue weighted by Gasteiger charge is -2.45. The van der Waals surface area contributed by atoms with Crippen LogP contribution in [0.2, 0.25) is 0 Å². The first-order valence-electron chi connectivity index (χ1n) is 25.5. The molecule has 0 radical (unpaired) electrons. The van der Waals surface area contributed by atoms with Gasteiger partial charge in [-0.15, -0.1) is 0 Å². The van der Waals surface area contributed by atoms with Crippen LogP contribution in [0.25, 0.3) is 43.8 Å². The fraction of sp³-hybridized carbons (Fsp3) is 0.242. The average molecular weight is 893 g/mol. The molecule has 69 heavy (non-hydrogen) atoms. The number of fused-ring (bicyclic) bond motifs is 10. The van der Waals surface area contributed by atoms with Crippen molar-refractivity contribution in [1.29, 1.82) is 0 Å². The summed E-state index contributed by atoms with van der Waals surface area (Å²) in [7, 11) is 0. The van der Waals surface area contributed by atoms with Gasteiger partial charge in [-0.05, 0) is 197 Å². The number of hydrogen-bond acceptors (Lipinski definition) is 2. The second kappa shape index (κ2) is 14.8. The molecule has 0 atom stereocenters. The Morgan fingerprint density at radius 3 is 1.62 bits per heavy atom. The summed E-state index contributed by atoms with van der Waals surface area (Å²) in [5.74, 6) is 0. The van der Waals surface area contributed by atoms with Gasteiger partial charge in [-0.1, -0.05) is 164 Å². The molecule has 338 valence electrons. The van der Waals surface area contributed by atoms with Gasteiger partial charge in [0.05, 0.1) is 0 Å². The van der Waals surface area contributed by atoms with E-state index in [1.165, 1.54) is 124 Å². The summed E-state index contributed by atoms with van der Waals surface area (Å²) in [4.78, 5) is 5.14. The molecule has 2 nitrogen and oxygen atoms in total. The van der Waals surface area contributed by atoms with Gasteiger partial charge in [-0.25, -0.2) is 0 Å². The molecule has 4 aliphatic rings. The van der Waals surface area contributed by atoms with Gasteiger partial charge in [0.1, 0.15) is 0 Å². The molecule has 9 aromatic carbocycles. The summed E-state index contributed by atoms with van der Waals surface area (Å²) < 4.78 is 0. The highest BCUT2D eigenvalue weighted by Gasteiger charge is 2.47. The van der Waals surface area contributed by atoms with Gasteiger partial charge in [0.2, 0.25) is 6.71 Å². The Hall–Kier alpha value is -6.84. The molecule has 2 aliphatic heterocycles. The molecule has 0 aromatic heterocycles. The van der Waals surface area contributed by atoms with Crippen molar-refractivity contribution in [2.75, 3.05) is 9.80 Å². The van der Waals surface area contributed by atoms with Gasteiger partial charge in [-0.2, -0.15) is 0 Å². The smallest absolute Gasteiger partial charge is 0.248 e. The zero-order chi connectivity index (χ0) is 47.2. The highest BCUT2D eigenvalue weighted by Crippen LogP contribution is 2.53. The van der Waals surface area contributed by atoms with Crippen LogP contribution in [0.1, 0.15) is 103 Å². The van der Waals surface area contributed by atoms with Gasteiger partial charge in [0, 0.05) is 34.1 Å². The van der Waals surface area contributed by atoms with E-state index < -0.39 is 0 Å². The molecule has 0 saturated carbocycles. The Kier molecular flexibility index (Phi) is 9.09. The minimum absolute atomic E-state index is 0.0390. The van der Waals surface area contributed by atoms with E-state index in [1.54, 1.807) is 0 Å². The third-order valence-electron chi connectivity index (χ3n) is 17.3. The van der Waals surface area contributed by atoms with Gasteiger partial charge >= 0.3 is 0 Å². The normalized spacial score (nSPS) is 17.4. The quantitative estimate of drug-likeness (QED) is 0.125. The minimum Gasteiger partial charge on any atom is -0.311 e. The number of nitrogens with zero attached hydrogens (tertiary/aromatic N) is 2. The molecule has 0 saturated heterocycles. The molecule has 0 fully saturated rings. The van der Waals surface area contributed by atoms with E-state index in [0.717, 1.165) is 17.8 Å². The van der Waals surface area contributed by atoms with E-state index in [4.69, 9.17) is 0 Å².